The fourth-order valence-electron chi connectivity index (χ4n) is 3.69. The minimum Gasteiger partial charge on any atom is -0.456 e. The van der Waals surface area contributed by atoms with E-state index in [9.17, 15) is 14.4 Å². The minimum atomic E-state index is -0.605. The first-order valence-corrected chi connectivity index (χ1v) is 10.2. The number of hydrogen-bond donors (Lipinski definition) is 0. The summed E-state index contributed by atoms with van der Waals surface area (Å²) < 4.78 is 7.26. The molecule has 0 saturated carbocycles. The Hall–Kier alpha value is -3.97. The SMILES string of the molecule is Cc1cccn2cc(COC(=O)c3ccc4c(c3)C(=O)N(c3ccc(Cl)cc3)C4=O)nc12. The van der Waals surface area contributed by atoms with Crippen molar-refractivity contribution < 1.29 is 19.1 Å². The van der Waals surface area contributed by atoms with Crippen molar-refractivity contribution in [3.05, 3.63) is 100.0 Å². The van der Waals surface area contributed by atoms with Crippen molar-refractivity contribution in [1.82, 2.24) is 9.38 Å². The summed E-state index contributed by atoms with van der Waals surface area (Å²) >= 11 is 5.89. The minimum absolute atomic E-state index is 0.0131. The second kappa shape index (κ2) is 7.62. The summed E-state index contributed by atoms with van der Waals surface area (Å²) in [6.45, 7) is 1.94. The van der Waals surface area contributed by atoms with Crippen LogP contribution < -0.4 is 4.90 Å². The van der Waals surface area contributed by atoms with Gasteiger partial charge in [-0.3, -0.25) is 9.59 Å². The van der Waals surface area contributed by atoms with Gasteiger partial charge in [0.05, 0.1) is 28.1 Å². The lowest BCUT2D eigenvalue weighted by Gasteiger charge is -2.13. The van der Waals surface area contributed by atoms with E-state index in [1.165, 1.54) is 18.2 Å². The first-order valence-electron chi connectivity index (χ1n) is 9.81. The van der Waals surface area contributed by atoms with Gasteiger partial charge in [-0.05, 0) is 61.0 Å². The summed E-state index contributed by atoms with van der Waals surface area (Å²) in [5.74, 6) is -1.56. The Bertz CT molecular complexity index is 1410. The number of halogens is 1. The highest BCUT2D eigenvalue weighted by atomic mass is 35.5. The molecule has 1 aliphatic rings. The van der Waals surface area contributed by atoms with Gasteiger partial charge in [0.1, 0.15) is 12.3 Å². The predicted octanol–water partition coefficient (Wildman–Crippen LogP) is 4.45. The highest BCUT2D eigenvalue weighted by molar-refractivity contribution is 6.35. The van der Waals surface area contributed by atoms with E-state index < -0.39 is 17.8 Å². The van der Waals surface area contributed by atoms with Crippen molar-refractivity contribution in [3.63, 3.8) is 0 Å². The molecule has 0 aliphatic carbocycles. The molecule has 0 atom stereocenters. The highest BCUT2D eigenvalue weighted by Crippen LogP contribution is 2.30. The zero-order valence-corrected chi connectivity index (χ0v) is 17.7. The molecule has 2 aromatic heterocycles. The van der Waals surface area contributed by atoms with Crippen LogP contribution in [0.25, 0.3) is 5.65 Å². The first kappa shape index (κ1) is 20.0. The van der Waals surface area contributed by atoms with Crippen LogP contribution in [0.1, 0.15) is 42.3 Å². The summed E-state index contributed by atoms with van der Waals surface area (Å²) in [4.78, 5) is 43.8. The van der Waals surface area contributed by atoms with Crippen molar-refractivity contribution in [2.24, 2.45) is 0 Å². The third-order valence-electron chi connectivity index (χ3n) is 5.29. The summed E-state index contributed by atoms with van der Waals surface area (Å²) in [6, 6.07) is 14.6. The van der Waals surface area contributed by atoms with Crippen LogP contribution in [-0.4, -0.2) is 27.2 Å². The lowest BCUT2D eigenvalue weighted by Crippen LogP contribution is -2.29. The third-order valence-corrected chi connectivity index (χ3v) is 5.54. The number of anilines is 1. The number of ether oxygens (including phenoxy) is 1. The number of amides is 2. The molecule has 0 saturated heterocycles. The predicted molar refractivity (Wildman–Crippen MR) is 118 cm³/mol. The van der Waals surface area contributed by atoms with E-state index in [1.807, 2.05) is 29.7 Å². The van der Waals surface area contributed by atoms with Gasteiger partial charge in [-0.1, -0.05) is 17.7 Å². The number of fused-ring (bicyclic) bond motifs is 2. The van der Waals surface area contributed by atoms with Crippen molar-refractivity contribution in [3.8, 4) is 0 Å². The maximum atomic E-state index is 12.9. The van der Waals surface area contributed by atoms with E-state index in [1.54, 1.807) is 30.5 Å². The molecule has 7 nitrogen and oxygen atoms in total. The van der Waals surface area contributed by atoms with E-state index in [0.717, 1.165) is 16.1 Å². The van der Waals surface area contributed by atoms with Crippen molar-refractivity contribution in [2.75, 3.05) is 4.90 Å². The number of rotatable bonds is 4. The summed E-state index contributed by atoms with van der Waals surface area (Å²) in [5, 5.41) is 0.496. The van der Waals surface area contributed by atoms with Gasteiger partial charge in [0.2, 0.25) is 0 Å². The average Bonchev–Trinajstić information content (AvgIpc) is 3.32. The molecule has 8 heteroatoms. The average molecular weight is 446 g/mol. The molecule has 3 heterocycles. The van der Waals surface area contributed by atoms with E-state index in [2.05, 4.69) is 4.98 Å². The van der Waals surface area contributed by atoms with Gasteiger partial charge in [-0.15, -0.1) is 0 Å². The number of imidazole rings is 1. The van der Waals surface area contributed by atoms with Crippen LogP contribution in [0, 0.1) is 6.92 Å². The largest absolute Gasteiger partial charge is 0.456 e. The van der Waals surface area contributed by atoms with Gasteiger partial charge in [-0.2, -0.15) is 0 Å². The van der Waals surface area contributed by atoms with E-state index in [4.69, 9.17) is 16.3 Å². The standard InChI is InChI=1S/C24H16ClN3O4/c1-14-3-2-10-27-12-17(26-21(14)27)13-32-24(31)15-4-9-19-20(11-15)23(30)28(22(19)29)18-7-5-16(25)6-8-18/h2-12H,13H2,1H3. The Kier molecular flexibility index (Phi) is 4.75. The Morgan fingerprint density at radius 1 is 1.03 bits per heavy atom. The third kappa shape index (κ3) is 3.33. The normalized spacial score (nSPS) is 13.0. The molecule has 0 radical (unpaired) electrons. The van der Waals surface area contributed by atoms with Gasteiger partial charge in [-0.25, -0.2) is 14.7 Å². The van der Waals surface area contributed by atoms with E-state index in [-0.39, 0.29) is 23.3 Å². The number of carbonyl (C=O) groups is 3. The first-order chi connectivity index (χ1) is 15.4. The highest BCUT2D eigenvalue weighted by Gasteiger charge is 2.37. The quantitative estimate of drug-likeness (QED) is 0.342. The molecule has 158 valence electrons. The van der Waals surface area contributed by atoms with Crippen LogP contribution in [0.4, 0.5) is 5.69 Å². The number of imide groups is 1. The van der Waals surface area contributed by atoms with Crippen LogP contribution in [-0.2, 0) is 11.3 Å². The van der Waals surface area contributed by atoms with Crippen molar-refractivity contribution >= 4 is 40.7 Å². The monoisotopic (exact) mass is 445 g/mol. The number of aromatic nitrogens is 2. The number of nitrogens with zero attached hydrogens (tertiary/aromatic N) is 3. The van der Waals surface area contributed by atoms with Gasteiger partial charge >= 0.3 is 5.97 Å². The second-order valence-corrected chi connectivity index (χ2v) is 7.85. The van der Waals surface area contributed by atoms with Gasteiger partial charge in [0.25, 0.3) is 11.8 Å². The molecular formula is C24H16ClN3O4. The molecule has 0 N–H and O–H groups in total. The zero-order chi connectivity index (χ0) is 22.4. The van der Waals surface area contributed by atoms with Crippen molar-refractivity contribution in [2.45, 2.75) is 13.5 Å². The smallest absolute Gasteiger partial charge is 0.338 e. The maximum absolute atomic E-state index is 12.9. The van der Waals surface area contributed by atoms with Gasteiger partial charge in [0.15, 0.2) is 0 Å². The van der Waals surface area contributed by atoms with Crippen LogP contribution in [0.3, 0.4) is 0 Å². The Balaban J connectivity index is 1.35. The lowest BCUT2D eigenvalue weighted by atomic mass is 10.1. The second-order valence-electron chi connectivity index (χ2n) is 7.41. The number of hydrogen-bond acceptors (Lipinski definition) is 5. The Morgan fingerprint density at radius 2 is 1.78 bits per heavy atom. The molecule has 2 aromatic carbocycles. The number of aryl methyl sites for hydroxylation is 1. The topological polar surface area (TPSA) is 81.0 Å². The lowest BCUT2D eigenvalue weighted by molar-refractivity contribution is 0.0468. The number of esters is 1. The molecule has 0 fully saturated rings. The van der Waals surface area contributed by atoms with Gasteiger partial charge < -0.3 is 9.14 Å². The number of benzene rings is 2. The summed E-state index contributed by atoms with van der Waals surface area (Å²) in [7, 11) is 0. The van der Waals surface area contributed by atoms with Crippen LogP contribution in [0.2, 0.25) is 5.02 Å². The van der Waals surface area contributed by atoms with Crippen molar-refractivity contribution in [1.29, 1.82) is 0 Å². The number of carbonyl (C=O) groups excluding carboxylic acids is 3. The summed E-state index contributed by atoms with van der Waals surface area (Å²) in [6.07, 6.45) is 3.67. The Labute approximate surface area is 187 Å². The molecule has 4 aromatic rings. The van der Waals surface area contributed by atoms with Crippen LogP contribution in [0.5, 0.6) is 0 Å². The molecule has 0 bridgehead atoms. The molecule has 5 rings (SSSR count). The fourth-order valence-corrected chi connectivity index (χ4v) is 3.82. The van der Waals surface area contributed by atoms with Crippen LogP contribution in [0.15, 0.2) is 67.0 Å². The Morgan fingerprint density at radius 3 is 2.53 bits per heavy atom. The molecule has 0 unspecified atom stereocenters. The summed E-state index contributed by atoms with van der Waals surface area (Å²) in [5.41, 5.74) is 3.39. The van der Waals surface area contributed by atoms with E-state index in [0.29, 0.717) is 16.4 Å². The zero-order valence-electron chi connectivity index (χ0n) is 16.9. The number of pyridine rings is 1. The van der Waals surface area contributed by atoms with Crippen LogP contribution >= 0.6 is 11.6 Å². The molecule has 1 aliphatic heterocycles. The molecule has 32 heavy (non-hydrogen) atoms. The fraction of sp³-hybridized carbons (Fsp3) is 0.0833. The maximum Gasteiger partial charge on any atom is 0.338 e. The molecular weight excluding hydrogens is 430 g/mol. The molecule has 0 spiro atoms. The van der Waals surface area contributed by atoms with E-state index >= 15 is 0 Å². The van der Waals surface area contributed by atoms with Gasteiger partial charge in [0, 0.05) is 17.4 Å². The molecule has 2 amide bonds.